The van der Waals surface area contributed by atoms with E-state index in [1.165, 1.54) is 0 Å². The van der Waals surface area contributed by atoms with Crippen LogP contribution < -0.4 is 10.7 Å². The van der Waals surface area contributed by atoms with E-state index in [2.05, 4.69) is 15.8 Å². The number of carbonyl (C=O) groups is 1. The van der Waals surface area contributed by atoms with Gasteiger partial charge in [-0.15, -0.1) is 0 Å². The van der Waals surface area contributed by atoms with Gasteiger partial charge in [0, 0.05) is 0 Å². The van der Waals surface area contributed by atoms with Crippen LogP contribution in [0.5, 0.6) is 0 Å². The summed E-state index contributed by atoms with van der Waals surface area (Å²) in [5, 5.41) is 7.61. The van der Waals surface area contributed by atoms with Gasteiger partial charge in [0.1, 0.15) is 0 Å². The number of hydrazone groups is 1. The molecule has 21 heavy (non-hydrogen) atoms. The molecule has 0 bridgehead atoms. The maximum absolute atomic E-state index is 11.7. The molecule has 0 aliphatic rings. The normalized spacial score (nSPS) is 11.0. The minimum Gasteiger partial charge on any atom is -0.375 e. The van der Waals surface area contributed by atoms with Crippen LogP contribution in [0.1, 0.15) is 12.5 Å². The number of carbonyl (C=O) groups excluding carboxylic acids is 1. The number of hydrogen-bond donors (Lipinski definition) is 2. The van der Waals surface area contributed by atoms with Crippen molar-refractivity contribution in [1.29, 1.82) is 0 Å². The van der Waals surface area contributed by atoms with Gasteiger partial charge in [0.25, 0.3) is 5.91 Å². The van der Waals surface area contributed by atoms with E-state index in [1.807, 2.05) is 55.5 Å². The fourth-order valence-electron chi connectivity index (χ4n) is 1.71. The molecule has 2 aromatic rings. The van der Waals surface area contributed by atoms with Gasteiger partial charge in [-0.2, -0.15) is 5.10 Å². The Bertz CT molecular complexity index is 641. The SMILES string of the molecule is C/C(=N\NC(=O)CNc1ccccc1Cl)c1ccccc1. The Morgan fingerprint density at radius 2 is 1.76 bits per heavy atom. The monoisotopic (exact) mass is 301 g/mol. The van der Waals surface area contributed by atoms with Crippen LogP contribution in [0.3, 0.4) is 0 Å². The quantitative estimate of drug-likeness (QED) is 0.658. The van der Waals surface area contributed by atoms with Crippen LogP contribution >= 0.6 is 11.6 Å². The van der Waals surface area contributed by atoms with Crippen molar-refractivity contribution in [3.05, 3.63) is 65.2 Å². The topological polar surface area (TPSA) is 53.5 Å². The fourth-order valence-corrected chi connectivity index (χ4v) is 1.91. The van der Waals surface area contributed by atoms with Gasteiger partial charge in [0.15, 0.2) is 0 Å². The Morgan fingerprint density at radius 1 is 1.10 bits per heavy atom. The molecule has 0 aliphatic heterocycles. The van der Waals surface area contributed by atoms with Crippen LogP contribution in [0.25, 0.3) is 0 Å². The number of amides is 1. The lowest BCUT2D eigenvalue weighted by atomic mass is 10.1. The van der Waals surface area contributed by atoms with Gasteiger partial charge >= 0.3 is 0 Å². The van der Waals surface area contributed by atoms with E-state index in [9.17, 15) is 4.79 Å². The summed E-state index contributed by atoms with van der Waals surface area (Å²) >= 11 is 5.99. The van der Waals surface area contributed by atoms with Gasteiger partial charge in [0.2, 0.25) is 0 Å². The average Bonchev–Trinajstić information content (AvgIpc) is 2.52. The molecule has 1 amide bonds. The molecule has 2 N–H and O–H groups in total. The Labute approximate surface area is 128 Å². The van der Waals surface area contributed by atoms with E-state index in [0.717, 1.165) is 17.0 Å². The summed E-state index contributed by atoms with van der Waals surface area (Å²) in [5.41, 5.74) is 4.96. The number of nitrogens with one attached hydrogen (secondary N) is 2. The zero-order valence-corrected chi connectivity index (χ0v) is 12.4. The first-order chi connectivity index (χ1) is 10.2. The highest BCUT2D eigenvalue weighted by molar-refractivity contribution is 6.33. The average molecular weight is 302 g/mol. The van der Waals surface area contributed by atoms with Crippen LogP contribution in [0, 0.1) is 0 Å². The molecular weight excluding hydrogens is 286 g/mol. The smallest absolute Gasteiger partial charge is 0.259 e. The van der Waals surface area contributed by atoms with Crippen molar-refractivity contribution in [2.75, 3.05) is 11.9 Å². The lowest BCUT2D eigenvalue weighted by Gasteiger charge is -2.07. The molecule has 2 aromatic carbocycles. The summed E-state index contributed by atoms with van der Waals surface area (Å²) in [4.78, 5) is 11.7. The van der Waals surface area contributed by atoms with Crippen molar-refractivity contribution in [2.45, 2.75) is 6.92 Å². The third-order valence-corrected chi connectivity index (χ3v) is 3.18. The number of para-hydroxylation sites is 1. The van der Waals surface area contributed by atoms with Gasteiger partial charge in [-0.25, -0.2) is 5.43 Å². The van der Waals surface area contributed by atoms with Crippen molar-refractivity contribution in [3.8, 4) is 0 Å². The largest absolute Gasteiger partial charge is 0.375 e. The number of benzene rings is 2. The van der Waals surface area contributed by atoms with E-state index in [0.29, 0.717) is 5.02 Å². The van der Waals surface area contributed by atoms with Crippen molar-refractivity contribution < 1.29 is 4.79 Å². The number of nitrogens with zero attached hydrogens (tertiary/aromatic N) is 1. The molecule has 0 unspecified atom stereocenters. The fraction of sp³-hybridized carbons (Fsp3) is 0.125. The first kappa shape index (κ1) is 15.1. The molecule has 0 spiro atoms. The highest BCUT2D eigenvalue weighted by Gasteiger charge is 2.03. The molecule has 0 atom stereocenters. The van der Waals surface area contributed by atoms with E-state index in [1.54, 1.807) is 6.07 Å². The molecule has 0 radical (unpaired) electrons. The molecule has 4 nitrogen and oxygen atoms in total. The van der Waals surface area contributed by atoms with E-state index in [4.69, 9.17) is 11.6 Å². The van der Waals surface area contributed by atoms with Gasteiger partial charge < -0.3 is 5.32 Å². The number of anilines is 1. The summed E-state index contributed by atoms with van der Waals surface area (Å²) in [6.45, 7) is 1.95. The van der Waals surface area contributed by atoms with Crippen molar-refractivity contribution in [2.24, 2.45) is 5.10 Å². The molecule has 2 rings (SSSR count). The standard InChI is InChI=1S/C16H16ClN3O/c1-12(13-7-3-2-4-8-13)19-20-16(21)11-18-15-10-6-5-9-14(15)17/h2-10,18H,11H2,1H3,(H,20,21)/b19-12+. The van der Waals surface area contributed by atoms with Gasteiger partial charge in [-0.05, 0) is 24.6 Å². The predicted octanol–water partition coefficient (Wildman–Crippen LogP) is 3.29. The van der Waals surface area contributed by atoms with Crippen LogP contribution in [0.4, 0.5) is 5.69 Å². The van der Waals surface area contributed by atoms with Crippen LogP contribution in [-0.2, 0) is 4.79 Å². The van der Waals surface area contributed by atoms with Gasteiger partial charge in [0.05, 0.1) is 23.0 Å². The zero-order valence-electron chi connectivity index (χ0n) is 11.6. The minimum atomic E-state index is -0.231. The van der Waals surface area contributed by atoms with Crippen molar-refractivity contribution >= 4 is 28.9 Å². The van der Waals surface area contributed by atoms with Crippen molar-refractivity contribution in [1.82, 2.24) is 5.43 Å². The lowest BCUT2D eigenvalue weighted by Crippen LogP contribution is -2.26. The Balaban J connectivity index is 1.87. The van der Waals surface area contributed by atoms with E-state index < -0.39 is 0 Å². The predicted molar refractivity (Wildman–Crippen MR) is 86.7 cm³/mol. The molecule has 0 fully saturated rings. The van der Waals surface area contributed by atoms with Crippen molar-refractivity contribution in [3.63, 3.8) is 0 Å². The Hall–Kier alpha value is -2.33. The molecular formula is C16H16ClN3O. The molecule has 0 saturated carbocycles. The van der Waals surface area contributed by atoms with Crippen LogP contribution in [0.15, 0.2) is 59.7 Å². The number of hydrogen-bond acceptors (Lipinski definition) is 3. The molecule has 0 heterocycles. The Kier molecular flexibility index (Phi) is 5.35. The molecule has 0 aliphatic carbocycles. The number of halogens is 1. The van der Waals surface area contributed by atoms with Gasteiger partial charge in [-0.1, -0.05) is 54.1 Å². The second kappa shape index (κ2) is 7.45. The Morgan fingerprint density at radius 3 is 2.48 bits per heavy atom. The molecule has 0 aromatic heterocycles. The summed E-state index contributed by atoms with van der Waals surface area (Å²) in [6.07, 6.45) is 0. The highest BCUT2D eigenvalue weighted by atomic mass is 35.5. The van der Waals surface area contributed by atoms with E-state index >= 15 is 0 Å². The molecule has 108 valence electrons. The maximum Gasteiger partial charge on any atom is 0.259 e. The summed E-state index contributed by atoms with van der Waals surface area (Å²) < 4.78 is 0. The second-order valence-electron chi connectivity index (χ2n) is 4.43. The first-order valence-electron chi connectivity index (χ1n) is 6.54. The summed E-state index contributed by atoms with van der Waals surface area (Å²) in [5.74, 6) is -0.231. The number of rotatable bonds is 5. The lowest BCUT2D eigenvalue weighted by molar-refractivity contribution is -0.119. The van der Waals surface area contributed by atoms with Crippen LogP contribution in [0.2, 0.25) is 5.02 Å². The minimum absolute atomic E-state index is 0.106. The maximum atomic E-state index is 11.7. The molecule has 0 saturated heterocycles. The summed E-state index contributed by atoms with van der Waals surface area (Å²) in [7, 11) is 0. The van der Waals surface area contributed by atoms with Crippen LogP contribution in [-0.4, -0.2) is 18.2 Å². The second-order valence-corrected chi connectivity index (χ2v) is 4.84. The first-order valence-corrected chi connectivity index (χ1v) is 6.91. The van der Waals surface area contributed by atoms with E-state index in [-0.39, 0.29) is 12.5 Å². The molecule has 5 heteroatoms. The zero-order chi connectivity index (χ0) is 15.1. The third kappa shape index (κ3) is 4.61. The third-order valence-electron chi connectivity index (χ3n) is 2.85. The summed E-state index contributed by atoms with van der Waals surface area (Å²) in [6, 6.07) is 16.9. The van der Waals surface area contributed by atoms with Gasteiger partial charge in [-0.3, -0.25) is 4.79 Å². The highest BCUT2D eigenvalue weighted by Crippen LogP contribution is 2.19.